The van der Waals surface area contributed by atoms with Gasteiger partial charge >= 0.3 is 6.18 Å². The van der Waals surface area contributed by atoms with Gasteiger partial charge in [0, 0.05) is 0 Å². The van der Waals surface area contributed by atoms with Crippen LogP contribution < -0.4 is 0 Å². The monoisotopic (exact) mass is 245 g/mol. The van der Waals surface area contributed by atoms with Gasteiger partial charge in [-0.2, -0.15) is 13.2 Å². The molecule has 3 nitrogen and oxygen atoms in total. The fourth-order valence-corrected chi connectivity index (χ4v) is 1.66. The number of amides is 1. The molecule has 1 aromatic carbocycles. The van der Waals surface area contributed by atoms with E-state index in [0.29, 0.717) is 0 Å². The van der Waals surface area contributed by atoms with E-state index in [4.69, 9.17) is 4.84 Å². The SMILES string of the molecule is O=C1CCON1Cc1ccccc1C(F)(F)F. The zero-order chi connectivity index (χ0) is 12.5. The van der Waals surface area contributed by atoms with E-state index in [1.54, 1.807) is 0 Å². The first-order chi connectivity index (χ1) is 7.98. The van der Waals surface area contributed by atoms with Crippen molar-refractivity contribution in [3.05, 3.63) is 35.4 Å². The number of benzene rings is 1. The quantitative estimate of drug-likeness (QED) is 0.800. The Morgan fingerprint density at radius 1 is 1.29 bits per heavy atom. The summed E-state index contributed by atoms with van der Waals surface area (Å²) in [6.07, 6.45) is -4.20. The molecule has 92 valence electrons. The van der Waals surface area contributed by atoms with Crippen molar-refractivity contribution in [2.24, 2.45) is 0 Å². The Bertz CT molecular complexity index is 431. The summed E-state index contributed by atoms with van der Waals surface area (Å²) in [5.41, 5.74) is -0.696. The summed E-state index contributed by atoms with van der Waals surface area (Å²) in [5, 5.41) is 0.977. The fourth-order valence-electron chi connectivity index (χ4n) is 1.66. The van der Waals surface area contributed by atoms with Gasteiger partial charge in [-0.1, -0.05) is 18.2 Å². The van der Waals surface area contributed by atoms with Gasteiger partial charge < -0.3 is 0 Å². The molecule has 1 saturated heterocycles. The zero-order valence-corrected chi connectivity index (χ0v) is 8.83. The van der Waals surface area contributed by atoms with Crippen LogP contribution >= 0.6 is 0 Å². The van der Waals surface area contributed by atoms with E-state index in [2.05, 4.69) is 0 Å². The van der Waals surface area contributed by atoms with Crippen LogP contribution in [0.25, 0.3) is 0 Å². The Hall–Kier alpha value is -1.56. The van der Waals surface area contributed by atoms with Crippen LogP contribution in [0.5, 0.6) is 0 Å². The number of hydrogen-bond acceptors (Lipinski definition) is 2. The highest BCUT2D eigenvalue weighted by Crippen LogP contribution is 2.32. The molecule has 1 heterocycles. The van der Waals surface area contributed by atoms with Gasteiger partial charge in [-0.3, -0.25) is 9.63 Å². The molecule has 1 aliphatic rings. The number of nitrogens with zero attached hydrogens (tertiary/aromatic N) is 1. The molecule has 1 aromatic rings. The number of hydrogen-bond donors (Lipinski definition) is 0. The van der Waals surface area contributed by atoms with Crippen molar-refractivity contribution >= 4 is 5.91 Å². The number of carbonyl (C=O) groups excluding carboxylic acids is 1. The van der Waals surface area contributed by atoms with Gasteiger partial charge in [0.25, 0.3) is 0 Å². The van der Waals surface area contributed by atoms with Gasteiger partial charge in [0.05, 0.1) is 25.1 Å². The molecule has 1 amide bonds. The first-order valence-corrected chi connectivity index (χ1v) is 5.07. The predicted octanol–water partition coefficient (Wildman–Crippen LogP) is 2.37. The molecule has 0 saturated carbocycles. The van der Waals surface area contributed by atoms with Crippen molar-refractivity contribution in [3.8, 4) is 0 Å². The van der Waals surface area contributed by atoms with Crippen LogP contribution in [0.3, 0.4) is 0 Å². The van der Waals surface area contributed by atoms with Gasteiger partial charge in [-0.25, -0.2) is 5.06 Å². The van der Waals surface area contributed by atoms with Crippen LogP contribution in [0.2, 0.25) is 0 Å². The van der Waals surface area contributed by atoms with E-state index in [1.165, 1.54) is 18.2 Å². The second-order valence-electron chi connectivity index (χ2n) is 3.67. The van der Waals surface area contributed by atoms with Crippen molar-refractivity contribution in [1.82, 2.24) is 5.06 Å². The van der Waals surface area contributed by atoms with E-state index in [9.17, 15) is 18.0 Å². The second kappa shape index (κ2) is 4.37. The van der Waals surface area contributed by atoms with Crippen LogP contribution in [-0.4, -0.2) is 17.6 Å². The molecule has 0 atom stereocenters. The summed E-state index contributed by atoms with van der Waals surface area (Å²) in [6, 6.07) is 5.16. The molecule has 1 fully saturated rings. The van der Waals surface area contributed by atoms with Crippen LogP contribution in [-0.2, 0) is 22.4 Å². The smallest absolute Gasteiger partial charge is 0.272 e. The summed E-state index contributed by atoms with van der Waals surface area (Å²) in [4.78, 5) is 16.2. The molecule has 0 aliphatic carbocycles. The predicted molar refractivity (Wildman–Crippen MR) is 52.6 cm³/mol. The van der Waals surface area contributed by atoms with Crippen molar-refractivity contribution in [2.75, 3.05) is 6.61 Å². The largest absolute Gasteiger partial charge is 0.416 e. The second-order valence-corrected chi connectivity index (χ2v) is 3.67. The van der Waals surface area contributed by atoms with E-state index >= 15 is 0 Å². The van der Waals surface area contributed by atoms with Gasteiger partial charge in [0.2, 0.25) is 5.91 Å². The maximum Gasteiger partial charge on any atom is 0.416 e. The van der Waals surface area contributed by atoms with Crippen molar-refractivity contribution in [2.45, 2.75) is 19.1 Å². The standard InChI is InChI=1S/C11H10F3NO2/c12-11(13,14)9-4-2-1-3-8(9)7-15-10(16)5-6-17-15/h1-4H,5-7H2. The number of alkyl halides is 3. The minimum atomic E-state index is -4.42. The number of hydroxylamine groups is 2. The number of rotatable bonds is 2. The molecule has 1 aliphatic heterocycles. The summed E-state index contributed by atoms with van der Waals surface area (Å²) >= 11 is 0. The van der Waals surface area contributed by atoms with E-state index in [-0.39, 0.29) is 31.0 Å². The van der Waals surface area contributed by atoms with Crippen LogP contribution in [0, 0.1) is 0 Å². The minimum Gasteiger partial charge on any atom is -0.272 e. The number of halogens is 3. The lowest BCUT2D eigenvalue weighted by Crippen LogP contribution is -2.24. The van der Waals surface area contributed by atoms with E-state index in [0.717, 1.165) is 11.1 Å². The molecule has 0 N–H and O–H groups in total. The summed E-state index contributed by atoms with van der Waals surface area (Å²) in [6.45, 7) is 0.0571. The highest BCUT2D eigenvalue weighted by Gasteiger charge is 2.34. The summed E-state index contributed by atoms with van der Waals surface area (Å²) in [7, 11) is 0. The Morgan fingerprint density at radius 2 is 2.00 bits per heavy atom. The number of carbonyl (C=O) groups is 1. The first-order valence-electron chi connectivity index (χ1n) is 5.07. The topological polar surface area (TPSA) is 29.5 Å². The lowest BCUT2D eigenvalue weighted by molar-refractivity contribution is -0.166. The van der Waals surface area contributed by atoms with Crippen LogP contribution in [0.15, 0.2) is 24.3 Å². The third kappa shape index (κ3) is 2.58. The molecule has 0 spiro atoms. The fraction of sp³-hybridized carbons (Fsp3) is 0.364. The molecule has 0 radical (unpaired) electrons. The molecule has 0 aromatic heterocycles. The zero-order valence-electron chi connectivity index (χ0n) is 8.83. The van der Waals surface area contributed by atoms with Gasteiger partial charge in [0.1, 0.15) is 0 Å². The van der Waals surface area contributed by atoms with Gasteiger partial charge in [-0.05, 0) is 11.6 Å². The maximum atomic E-state index is 12.7. The Balaban J connectivity index is 2.23. The summed E-state index contributed by atoms with van der Waals surface area (Å²) < 4.78 is 38.0. The molecule has 0 bridgehead atoms. The lowest BCUT2D eigenvalue weighted by atomic mass is 10.1. The summed E-state index contributed by atoms with van der Waals surface area (Å²) in [5.74, 6) is -0.290. The average molecular weight is 245 g/mol. The van der Waals surface area contributed by atoms with E-state index < -0.39 is 11.7 Å². The third-order valence-corrected chi connectivity index (χ3v) is 2.48. The minimum absolute atomic E-state index is 0.0373. The van der Waals surface area contributed by atoms with Gasteiger partial charge in [0.15, 0.2) is 0 Å². The Labute approximate surface area is 95.7 Å². The van der Waals surface area contributed by atoms with E-state index in [1.807, 2.05) is 0 Å². The lowest BCUT2D eigenvalue weighted by Gasteiger charge is -2.17. The molecule has 2 rings (SSSR count). The first kappa shape index (κ1) is 11.9. The van der Waals surface area contributed by atoms with Crippen LogP contribution in [0.1, 0.15) is 17.5 Å². The normalized spacial score (nSPS) is 16.6. The third-order valence-electron chi connectivity index (χ3n) is 2.48. The van der Waals surface area contributed by atoms with Crippen molar-refractivity contribution in [1.29, 1.82) is 0 Å². The molecular weight excluding hydrogens is 235 g/mol. The Morgan fingerprint density at radius 3 is 2.59 bits per heavy atom. The van der Waals surface area contributed by atoms with Crippen molar-refractivity contribution in [3.63, 3.8) is 0 Å². The molecule has 17 heavy (non-hydrogen) atoms. The highest BCUT2D eigenvalue weighted by atomic mass is 19.4. The van der Waals surface area contributed by atoms with Crippen LogP contribution in [0.4, 0.5) is 13.2 Å². The molecular formula is C11H10F3NO2. The Kier molecular flexibility index (Phi) is 3.06. The molecule has 6 heteroatoms. The molecule has 0 unspecified atom stereocenters. The highest BCUT2D eigenvalue weighted by molar-refractivity contribution is 5.76. The maximum absolute atomic E-state index is 12.7. The van der Waals surface area contributed by atoms with Crippen molar-refractivity contribution < 1.29 is 22.8 Å². The average Bonchev–Trinajstić information content (AvgIpc) is 2.64. The van der Waals surface area contributed by atoms with Gasteiger partial charge in [-0.15, -0.1) is 0 Å².